The number of nitrogen functional groups attached to an aromatic ring is 1. The van der Waals surface area contributed by atoms with E-state index in [0.29, 0.717) is 42.0 Å². The number of carbonyl (C=O) groups is 3. The van der Waals surface area contributed by atoms with E-state index in [0.717, 1.165) is 102 Å². The lowest BCUT2D eigenvalue weighted by Crippen LogP contribution is -2.50. The third-order valence-electron chi connectivity index (χ3n) is 13.5. The molecule has 2 aliphatic heterocycles. The molecule has 0 bridgehead atoms. The topological polar surface area (TPSA) is 214 Å². The first-order valence-corrected chi connectivity index (χ1v) is 25.6. The molecule has 8 heterocycles. The number of nitrogens with two attached hydrogens (primary N) is 1. The van der Waals surface area contributed by atoms with Gasteiger partial charge in [0.05, 0.1) is 34.5 Å². The molecule has 0 aromatic carbocycles. The fraction of sp³-hybridized carbons (Fsp3) is 0.510. The fourth-order valence-electron chi connectivity index (χ4n) is 9.74. The van der Waals surface area contributed by atoms with Gasteiger partial charge in [0.25, 0.3) is 11.8 Å². The van der Waals surface area contributed by atoms with Gasteiger partial charge in [-0.2, -0.15) is 9.97 Å². The third-order valence-corrected chi connectivity index (χ3v) is 13.7. The van der Waals surface area contributed by atoms with E-state index >= 15 is 4.39 Å². The van der Waals surface area contributed by atoms with Gasteiger partial charge >= 0.3 is 6.09 Å². The predicted molar refractivity (Wildman–Crippen MR) is 282 cm³/mol. The molecule has 10 rings (SSSR count). The van der Waals surface area contributed by atoms with Crippen LogP contribution in [0.3, 0.4) is 0 Å². The van der Waals surface area contributed by atoms with Crippen molar-refractivity contribution in [1.82, 2.24) is 59.1 Å². The summed E-state index contributed by atoms with van der Waals surface area (Å²) in [6.07, 6.45) is 14.0. The van der Waals surface area contributed by atoms with Crippen LogP contribution in [0.4, 0.5) is 42.5 Å². The Kier molecular flexibility index (Phi) is 16.6. The largest absolute Gasteiger partial charge is 0.444 e. The summed E-state index contributed by atoms with van der Waals surface area (Å²) < 4.78 is 38.9. The van der Waals surface area contributed by atoms with Crippen molar-refractivity contribution < 1.29 is 27.9 Å². The second kappa shape index (κ2) is 23.1. The first-order valence-electron chi connectivity index (χ1n) is 25.2. The summed E-state index contributed by atoms with van der Waals surface area (Å²) in [5.74, 6) is -0.401. The average molecular weight is 1040 g/mol. The molecule has 0 spiro atoms. The minimum atomic E-state index is -0.563. The van der Waals surface area contributed by atoms with Gasteiger partial charge < -0.3 is 54.7 Å². The number of pyridine rings is 2. The smallest absolute Gasteiger partial charge is 0.410 e. The van der Waals surface area contributed by atoms with Crippen molar-refractivity contribution in [3.8, 4) is 0 Å². The van der Waals surface area contributed by atoms with Gasteiger partial charge in [0, 0.05) is 105 Å². The standard InChI is InChI=1S/C23H29FN8O.C14H16ClFN4O.C14H22N4O2/c1-30(2)22(33)20-19(24)17-14-27-23(29-21(17)32(20)15-5-3-4-6-15)28-18-8-7-16(13-26-18)31-11-9-25-10-12-31;1-19(2)13(21)11-10(16)9-7-17-14(15)18-12(9)20(11)8-5-3-4-6-8;1-14(2,3)20-13(19)18-8-6-17(7-9-18)11-4-5-12(15)16-10-11/h7-8,13-15,25H,3-6,9-12H2,1-2H3,(H,26,27,28,29);7-8H,3-6H2,1-2H3;4-5,10H,6-9H2,1-3H3,(H2,15,16). The summed E-state index contributed by atoms with van der Waals surface area (Å²) >= 11 is 5.85. The monoisotopic (exact) mass is 1040 g/mol. The maximum absolute atomic E-state index is 15.3. The minimum absolute atomic E-state index is 0.0510. The van der Waals surface area contributed by atoms with Crippen LogP contribution in [0, 0.1) is 11.6 Å². The van der Waals surface area contributed by atoms with E-state index in [-0.39, 0.29) is 57.4 Å². The van der Waals surface area contributed by atoms with E-state index in [1.54, 1.807) is 54.5 Å². The van der Waals surface area contributed by atoms with Gasteiger partial charge in [-0.1, -0.05) is 25.7 Å². The van der Waals surface area contributed by atoms with E-state index in [1.165, 1.54) is 22.2 Å². The molecular formula is C51H67ClF2N16O4. The molecule has 23 heteroatoms. The Labute approximate surface area is 434 Å². The van der Waals surface area contributed by atoms with Crippen LogP contribution in [0.5, 0.6) is 0 Å². The number of ether oxygens (including phenoxy) is 1. The van der Waals surface area contributed by atoms with Crippen molar-refractivity contribution in [3.63, 3.8) is 0 Å². The number of piperazine rings is 2. The maximum Gasteiger partial charge on any atom is 0.410 e. The fourth-order valence-corrected chi connectivity index (χ4v) is 9.87. The van der Waals surface area contributed by atoms with Gasteiger partial charge in [0.2, 0.25) is 11.2 Å². The van der Waals surface area contributed by atoms with Crippen LogP contribution in [-0.4, -0.2) is 158 Å². The predicted octanol–water partition coefficient (Wildman–Crippen LogP) is 7.70. The van der Waals surface area contributed by atoms with Gasteiger partial charge in [-0.15, -0.1) is 0 Å². The molecule has 2 aliphatic carbocycles. The van der Waals surface area contributed by atoms with Gasteiger partial charge in [0.1, 0.15) is 39.9 Å². The molecule has 396 valence electrons. The molecule has 0 atom stereocenters. The number of anilines is 5. The molecule has 4 aliphatic rings. The highest BCUT2D eigenvalue weighted by molar-refractivity contribution is 6.28. The molecule has 2 saturated carbocycles. The number of nitrogens with one attached hydrogen (secondary N) is 2. The van der Waals surface area contributed by atoms with Crippen molar-refractivity contribution in [2.24, 2.45) is 0 Å². The molecule has 6 aromatic rings. The summed E-state index contributed by atoms with van der Waals surface area (Å²) in [6.45, 7) is 12.3. The number of rotatable bonds is 8. The van der Waals surface area contributed by atoms with Crippen LogP contribution in [-0.2, 0) is 4.74 Å². The quantitative estimate of drug-likeness (QED) is 0.125. The maximum atomic E-state index is 15.3. The number of amides is 3. The molecule has 3 amide bonds. The highest BCUT2D eigenvalue weighted by Gasteiger charge is 2.33. The molecule has 20 nitrogen and oxygen atoms in total. The third kappa shape index (κ3) is 12.2. The highest BCUT2D eigenvalue weighted by atomic mass is 35.5. The molecule has 74 heavy (non-hydrogen) atoms. The van der Waals surface area contributed by atoms with E-state index in [2.05, 4.69) is 50.3 Å². The Balaban J connectivity index is 0.000000155. The van der Waals surface area contributed by atoms with Gasteiger partial charge in [-0.3, -0.25) is 9.59 Å². The van der Waals surface area contributed by atoms with Crippen molar-refractivity contribution in [1.29, 1.82) is 0 Å². The number of hydrogen-bond donors (Lipinski definition) is 3. The lowest BCUT2D eigenvalue weighted by molar-refractivity contribution is 0.0240. The summed E-state index contributed by atoms with van der Waals surface area (Å²) in [6, 6.07) is 7.79. The van der Waals surface area contributed by atoms with Crippen LogP contribution >= 0.6 is 11.6 Å². The second-order valence-electron chi connectivity index (χ2n) is 20.3. The van der Waals surface area contributed by atoms with Gasteiger partial charge in [-0.25, -0.2) is 33.5 Å². The first kappa shape index (κ1) is 53.4. The van der Waals surface area contributed by atoms with Crippen LogP contribution in [0.2, 0.25) is 5.28 Å². The van der Waals surface area contributed by atoms with Gasteiger partial charge in [-0.05, 0) is 82.3 Å². The van der Waals surface area contributed by atoms with Crippen molar-refractivity contribution in [3.05, 3.63) is 77.4 Å². The molecule has 2 saturated heterocycles. The zero-order chi connectivity index (χ0) is 52.8. The number of aromatic nitrogens is 8. The number of hydrogen-bond acceptors (Lipinski definition) is 15. The average Bonchev–Trinajstić information content (AvgIpc) is 4.21. The number of carbonyl (C=O) groups excluding carboxylic acids is 3. The molecule has 0 radical (unpaired) electrons. The Bertz CT molecular complexity index is 2920. The molecular weight excluding hydrogens is 974 g/mol. The Hall–Kier alpha value is -6.94. The molecule has 0 unspecified atom stereocenters. The lowest BCUT2D eigenvalue weighted by Gasteiger charge is -2.36. The number of halogens is 3. The summed E-state index contributed by atoms with van der Waals surface area (Å²) in [7, 11) is 6.48. The Morgan fingerprint density at radius 3 is 1.68 bits per heavy atom. The van der Waals surface area contributed by atoms with Crippen molar-refractivity contribution >= 4 is 80.5 Å². The Morgan fingerprint density at radius 1 is 0.689 bits per heavy atom. The zero-order valence-corrected chi connectivity index (χ0v) is 44.0. The minimum Gasteiger partial charge on any atom is -0.444 e. The summed E-state index contributed by atoms with van der Waals surface area (Å²) in [4.78, 5) is 71.7. The second-order valence-corrected chi connectivity index (χ2v) is 20.6. The van der Waals surface area contributed by atoms with E-state index < -0.39 is 17.2 Å². The van der Waals surface area contributed by atoms with Crippen molar-refractivity contribution in [2.75, 3.05) is 101 Å². The zero-order valence-electron chi connectivity index (χ0n) is 43.2. The summed E-state index contributed by atoms with van der Waals surface area (Å²) in [5.41, 5.74) is 8.20. The van der Waals surface area contributed by atoms with E-state index in [1.807, 2.05) is 45.2 Å². The van der Waals surface area contributed by atoms with E-state index in [4.69, 9.17) is 22.1 Å². The highest BCUT2D eigenvalue weighted by Crippen LogP contribution is 2.38. The SMILES string of the molecule is CC(C)(C)OC(=O)N1CCN(c2ccc(N)nc2)CC1.CN(C)C(=O)c1c(F)c2cnc(Cl)nc2n1C1CCCC1.CN(C)C(=O)c1c(F)c2cnc(Nc3ccc(N4CCNCC4)cn3)nc2n1C1CCCC1. The van der Waals surface area contributed by atoms with Crippen LogP contribution in [0.15, 0.2) is 49.1 Å². The van der Waals surface area contributed by atoms with Crippen molar-refractivity contribution in [2.45, 2.75) is 89.8 Å². The van der Waals surface area contributed by atoms with E-state index in [9.17, 15) is 18.8 Å². The summed E-state index contributed by atoms with van der Waals surface area (Å²) in [5, 5.41) is 7.04. The van der Waals surface area contributed by atoms with Crippen LogP contribution in [0.25, 0.3) is 22.1 Å². The lowest BCUT2D eigenvalue weighted by atomic mass is 10.2. The molecule has 4 N–H and O–H groups in total. The number of fused-ring (bicyclic) bond motifs is 2. The first-order chi connectivity index (χ1) is 35.4. The molecule has 4 fully saturated rings. The van der Waals surface area contributed by atoms with Crippen LogP contribution in [0.1, 0.15) is 105 Å². The van der Waals surface area contributed by atoms with Crippen LogP contribution < -0.4 is 26.2 Å². The molecule has 6 aromatic heterocycles. The van der Waals surface area contributed by atoms with Gasteiger partial charge in [0.15, 0.2) is 11.6 Å². The number of nitrogens with zero attached hydrogens (tertiary/aromatic N) is 13. The Morgan fingerprint density at radius 2 is 1.19 bits per heavy atom. The normalized spacial score (nSPS) is 16.4.